The van der Waals surface area contributed by atoms with Crippen molar-refractivity contribution in [2.24, 2.45) is 0 Å². The molecule has 1 nitrogen and oxygen atoms in total. The average molecular weight is 360 g/mol. The number of benzene rings is 1. The van der Waals surface area contributed by atoms with Gasteiger partial charge in [0.05, 0.1) is 6.04 Å². The molecule has 0 aliphatic heterocycles. The Labute approximate surface area is 130 Å². The third-order valence-corrected chi connectivity index (χ3v) is 4.85. The second kappa shape index (κ2) is 6.78. The van der Waals surface area contributed by atoms with Crippen molar-refractivity contribution in [2.45, 2.75) is 26.3 Å². The Morgan fingerprint density at radius 2 is 2.05 bits per heavy atom. The van der Waals surface area contributed by atoms with Gasteiger partial charge in [-0.25, -0.2) is 8.78 Å². The van der Waals surface area contributed by atoms with Crippen LogP contribution in [0.2, 0.25) is 0 Å². The fraction of sp³-hybridized carbons (Fsp3) is 0.333. The van der Waals surface area contributed by atoms with Crippen LogP contribution in [0.5, 0.6) is 0 Å². The van der Waals surface area contributed by atoms with Gasteiger partial charge >= 0.3 is 0 Å². The quantitative estimate of drug-likeness (QED) is 0.774. The number of halogens is 3. The summed E-state index contributed by atoms with van der Waals surface area (Å²) in [5.74, 6) is -1.52. The largest absolute Gasteiger partial charge is 0.306 e. The first-order valence-electron chi connectivity index (χ1n) is 6.46. The van der Waals surface area contributed by atoms with E-state index >= 15 is 0 Å². The van der Waals surface area contributed by atoms with Gasteiger partial charge in [0, 0.05) is 20.3 Å². The molecule has 0 aliphatic carbocycles. The summed E-state index contributed by atoms with van der Waals surface area (Å²) < 4.78 is 28.9. The zero-order chi connectivity index (χ0) is 14.7. The molecule has 0 amide bonds. The van der Waals surface area contributed by atoms with E-state index in [1.54, 1.807) is 19.1 Å². The van der Waals surface area contributed by atoms with Gasteiger partial charge in [0.25, 0.3) is 0 Å². The van der Waals surface area contributed by atoms with Gasteiger partial charge in [-0.15, -0.1) is 11.3 Å². The number of nitrogens with one attached hydrogen (secondary N) is 1. The molecule has 20 heavy (non-hydrogen) atoms. The minimum atomic E-state index is -0.763. The Kier molecular flexibility index (Phi) is 5.29. The van der Waals surface area contributed by atoms with Crippen molar-refractivity contribution in [3.05, 3.63) is 55.7 Å². The maximum absolute atomic E-state index is 14.2. The number of rotatable bonds is 5. The summed E-state index contributed by atoms with van der Waals surface area (Å²) in [7, 11) is 0. The van der Waals surface area contributed by atoms with E-state index in [1.807, 2.05) is 18.4 Å². The van der Waals surface area contributed by atoms with E-state index in [1.165, 1.54) is 11.3 Å². The molecular weight excluding hydrogens is 344 g/mol. The SMILES string of the molecule is CCCNC(c1cc(Br)cs1)c1ccc(C)c(F)c1F. The fourth-order valence-corrected chi connectivity index (χ4v) is 3.55. The van der Waals surface area contributed by atoms with Crippen LogP contribution >= 0.6 is 27.3 Å². The molecule has 2 aromatic rings. The minimum Gasteiger partial charge on any atom is -0.306 e. The van der Waals surface area contributed by atoms with E-state index in [2.05, 4.69) is 21.2 Å². The smallest absolute Gasteiger partial charge is 0.164 e. The summed E-state index contributed by atoms with van der Waals surface area (Å²) >= 11 is 4.92. The van der Waals surface area contributed by atoms with Crippen molar-refractivity contribution in [1.29, 1.82) is 0 Å². The van der Waals surface area contributed by atoms with Gasteiger partial charge < -0.3 is 5.32 Å². The molecule has 1 N–H and O–H groups in total. The average Bonchev–Trinajstić information content (AvgIpc) is 2.85. The van der Waals surface area contributed by atoms with Crippen molar-refractivity contribution in [3.63, 3.8) is 0 Å². The van der Waals surface area contributed by atoms with Gasteiger partial charge in [0.15, 0.2) is 11.6 Å². The summed E-state index contributed by atoms with van der Waals surface area (Å²) in [6.45, 7) is 4.36. The number of thiophene rings is 1. The molecule has 0 bridgehead atoms. The maximum Gasteiger partial charge on any atom is 0.164 e. The molecule has 0 saturated carbocycles. The molecule has 1 aromatic carbocycles. The van der Waals surface area contributed by atoms with Crippen LogP contribution < -0.4 is 5.32 Å². The monoisotopic (exact) mass is 359 g/mol. The summed E-state index contributed by atoms with van der Waals surface area (Å²) in [6, 6.07) is 4.90. The zero-order valence-corrected chi connectivity index (χ0v) is 13.7. The summed E-state index contributed by atoms with van der Waals surface area (Å²) in [4.78, 5) is 0.965. The van der Waals surface area contributed by atoms with Crippen molar-refractivity contribution >= 4 is 27.3 Å². The van der Waals surface area contributed by atoms with Gasteiger partial charge in [-0.05, 0) is 47.4 Å². The highest BCUT2D eigenvalue weighted by Gasteiger charge is 2.22. The summed E-state index contributed by atoms with van der Waals surface area (Å²) in [5.41, 5.74) is 0.684. The van der Waals surface area contributed by atoms with E-state index in [0.717, 1.165) is 22.3 Å². The van der Waals surface area contributed by atoms with Gasteiger partial charge in [0.2, 0.25) is 0 Å². The topological polar surface area (TPSA) is 12.0 Å². The van der Waals surface area contributed by atoms with Crippen LogP contribution in [0.3, 0.4) is 0 Å². The predicted octanol–water partition coefficient (Wildman–Crippen LogP) is 5.19. The first kappa shape index (κ1) is 15.6. The Bertz CT molecular complexity index is 598. The predicted molar refractivity (Wildman–Crippen MR) is 83.3 cm³/mol. The van der Waals surface area contributed by atoms with E-state index in [0.29, 0.717) is 11.1 Å². The highest BCUT2D eigenvalue weighted by Crippen LogP contribution is 2.32. The minimum absolute atomic E-state index is 0.318. The molecular formula is C15H16BrF2NS. The van der Waals surface area contributed by atoms with E-state index < -0.39 is 11.6 Å². The van der Waals surface area contributed by atoms with Crippen molar-refractivity contribution < 1.29 is 8.78 Å². The molecule has 5 heteroatoms. The van der Waals surface area contributed by atoms with E-state index in [4.69, 9.17) is 0 Å². The van der Waals surface area contributed by atoms with Crippen LogP contribution in [0.1, 0.15) is 35.4 Å². The molecule has 0 fully saturated rings. The Morgan fingerprint density at radius 3 is 2.65 bits per heavy atom. The van der Waals surface area contributed by atoms with Gasteiger partial charge in [-0.1, -0.05) is 19.1 Å². The third kappa shape index (κ3) is 3.27. The molecule has 0 spiro atoms. The van der Waals surface area contributed by atoms with Crippen LogP contribution in [0.4, 0.5) is 8.78 Å². The van der Waals surface area contributed by atoms with Crippen molar-refractivity contribution in [2.75, 3.05) is 6.54 Å². The normalized spacial score (nSPS) is 12.7. The lowest BCUT2D eigenvalue weighted by Crippen LogP contribution is -2.23. The van der Waals surface area contributed by atoms with Gasteiger partial charge in [0.1, 0.15) is 0 Å². The van der Waals surface area contributed by atoms with Crippen LogP contribution in [-0.4, -0.2) is 6.54 Å². The lowest BCUT2D eigenvalue weighted by atomic mass is 10.0. The fourth-order valence-electron chi connectivity index (χ4n) is 2.02. The number of aryl methyl sites for hydroxylation is 1. The Morgan fingerprint density at radius 1 is 1.30 bits per heavy atom. The molecule has 1 aromatic heterocycles. The molecule has 0 saturated heterocycles. The van der Waals surface area contributed by atoms with Crippen LogP contribution in [0, 0.1) is 18.6 Å². The van der Waals surface area contributed by atoms with Gasteiger partial charge in [-0.2, -0.15) is 0 Å². The zero-order valence-electron chi connectivity index (χ0n) is 11.3. The molecule has 1 atom stereocenters. The molecule has 1 heterocycles. The van der Waals surface area contributed by atoms with Gasteiger partial charge in [-0.3, -0.25) is 0 Å². The van der Waals surface area contributed by atoms with Crippen LogP contribution in [0.25, 0.3) is 0 Å². The second-order valence-corrected chi connectivity index (χ2v) is 6.51. The lowest BCUT2D eigenvalue weighted by Gasteiger charge is -2.19. The molecule has 1 unspecified atom stereocenters. The molecule has 2 rings (SSSR count). The number of hydrogen-bond donors (Lipinski definition) is 1. The lowest BCUT2D eigenvalue weighted by molar-refractivity contribution is 0.477. The number of hydrogen-bond acceptors (Lipinski definition) is 2. The molecule has 0 aliphatic rings. The summed E-state index contributed by atoms with van der Waals surface area (Å²) in [5, 5.41) is 5.23. The standard InChI is InChI=1S/C15H16BrF2NS/c1-3-6-19-15(12-7-10(16)8-20-12)11-5-4-9(2)13(17)14(11)18/h4-5,7-8,15,19H,3,6H2,1-2H3. The second-order valence-electron chi connectivity index (χ2n) is 4.65. The molecule has 0 radical (unpaired) electrons. The summed E-state index contributed by atoms with van der Waals surface area (Å²) in [6.07, 6.45) is 0.930. The van der Waals surface area contributed by atoms with Crippen LogP contribution in [0.15, 0.2) is 28.1 Å². The van der Waals surface area contributed by atoms with Crippen molar-refractivity contribution in [1.82, 2.24) is 5.32 Å². The van der Waals surface area contributed by atoms with Crippen LogP contribution in [-0.2, 0) is 0 Å². The van der Waals surface area contributed by atoms with E-state index in [-0.39, 0.29) is 6.04 Å². The molecule has 108 valence electrons. The Hall–Kier alpha value is -0.780. The highest BCUT2D eigenvalue weighted by molar-refractivity contribution is 9.10. The maximum atomic E-state index is 14.2. The third-order valence-electron chi connectivity index (χ3n) is 3.09. The van der Waals surface area contributed by atoms with E-state index in [9.17, 15) is 8.78 Å². The Balaban J connectivity index is 2.43. The van der Waals surface area contributed by atoms with Crippen molar-refractivity contribution in [3.8, 4) is 0 Å². The first-order chi connectivity index (χ1) is 9.54. The first-order valence-corrected chi connectivity index (χ1v) is 8.13. The highest BCUT2D eigenvalue weighted by atomic mass is 79.9.